The Hall–Kier alpha value is -3.21. The Balaban J connectivity index is 1.57. The number of aromatic nitrogens is 2. The fourth-order valence-corrected chi connectivity index (χ4v) is 2.40. The first-order valence-electron chi connectivity index (χ1n) is 8.05. The summed E-state index contributed by atoms with van der Waals surface area (Å²) >= 11 is 0. The molecule has 0 saturated heterocycles. The summed E-state index contributed by atoms with van der Waals surface area (Å²) in [5.74, 6) is 1.54. The van der Waals surface area contributed by atoms with Gasteiger partial charge in [0.25, 0.3) is 6.33 Å². The summed E-state index contributed by atoms with van der Waals surface area (Å²) in [7, 11) is 1.60. The molecule has 0 unspecified atom stereocenters. The van der Waals surface area contributed by atoms with Crippen LogP contribution in [0.3, 0.4) is 0 Å². The maximum Gasteiger partial charge on any atom is 0.289 e. The number of Topliss-reactive ketones (excluding diaryl/α,β-unsaturated/α-hetero) is 1. The van der Waals surface area contributed by atoms with E-state index in [9.17, 15) is 4.79 Å². The second kappa shape index (κ2) is 8.06. The topological polar surface area (TPSA) is 55.1 Å². The summed E-state index contributed by atoms with van der Waals surface area (Å²) < 4.78 is 6.87. The molecule has 0 fully saturated rings. The summed E-state index contributed by atoms with van der Waals surface area (Å²) in [6.45, 7) is 0.959. The lowest BCUT2D eigenvalue weighted by molar-refractivity contribution is -0.686. The van der Waals surface area contributed by atoms with Gasteiger partial charge in [0.15, 0.2) is 6.54 Å². The van der Waals surface area contributed by atoms with Gasteiger partial charge in [-0.25, -0.2) is 4.57 Å². The highest BCUT2D eigenvalue weighted by Gasteiger charge is 2.11. The lowest BCUT2D eigenvalue weighted by atomic mass is 10.1. The lowest BCUT2D eigenvalue weighted by Crippen LogP contribution is -2.37. The highest BCUT2D eigenvalue weighted by Crippen LogP contribution is 2.11. The Morgan fingerprint density at radius 3 is 2.48 bits per heavy atom. The third kappa shape index (κ3) is 4.64. The SMILES string of the molecule is COc1ccc(C(=O)C[n+]2ccc(NCc3ccccc3)nc2)cc1. The molecule has 0 atom stereocenters. The highest BCUT2D eigenvalue weighted by molar-refractivity contribution is 5.95. The van der Waals surface area contributed by atoms with Crippen LogP contribution in [0.4, 0.5) is 5.82 Å². The van der Waals surface area contributed by atoms with Crippen molar-refractivity contribution in [2.24, 2.45) is 0 Å². The van der Waals surface area contributed by atoms with E-state index in [1.165, 1.54) is 5.56 Å². The predicted molar refractivity (Wildman–Crippen MR) is 95.5 cm³/mol. The number of ketones is 1. The van der Waals surface area contributed by atoms with Crippen LogP contribution in [0.15, 0.2) is 73.2 Å². The van der Waals surface area contributed by atoms with Crippen molar-refractivity contribution in [2.75, 3.05) is 12.4 Å². The largest absolute Gasteiger partial charge is 0.497 e. The van der Waals surface area contributed by atoms with E-state index in [1.54, 1.807) is 42.3 Å². The molecule has 0 amide bonds. The zero-order valence-electron chi connectivity index (χ0n) is 14.1. The van der Waals surface area contributed by atoms with Gasteiger partial charge < -0.3 is 10.1 Å². The number of benzene rings is 2. The predicted octanol–water partition coefficient (Wildman–Crippen LogP) is 2.87. The van der Waals surface area contributed by atoms with E-state index in [4.69, 9.17) is 4.74 Å². The number of carbonyl (C=O) groups excluding carboxylic acids is 1. The van der Waals surface area contributed by atoms with Crippen LogP contribution in [0.5, 0.6) is 5.75 Å². The van der Waals surface area contributed by atoms with Crippen molar-refractivity contribution in [1.29, 1.82) is 0 Å². The fraction of sp³-hybridized carbons (Fsp3) is 0.150. The van der Waals surface area contributed by atoms with Gasteiger partial charge in [0.2, 0.25) is 11.6 Å². The first kappa shape index (κ1) is 16.6. The molecule has 1 aromatic heterocycles. The first-order chi connectivity index (χ1) is 12.2. The Morgan fingerprint density at radius 2 is 1.84 bits per heavy atom. The molecule has 0 aliphatic rings. The van der Waals surface area contributed by atoms with E-state index in [0.29, 0.717) is 12.1 Å². The zero-order valence-corrected chi connectivity index (χ0v) is 14.1. The molecule has 5 nitrogen and oxygen atoms in total. The molecule has 1 N–H and O–H groups in total. The number of nitrogens with one attached hydrogen (secondary N) is 1. The maximum atomic E-state index is 12.3. The summed E-state index contributed by atoms with van der Waals surface area (Å²) in [4.78, 5) is 16.7. The van der Waals surface area contributed by atoms with E-state index < -0.39 is 0 Å². The van der Waals surface area contributed by atoms with Gasteiger partial charge in [-0.15, -0.1) is 0 Å². The molecule has 3 aromatic rings. The van der Waals surface area contributed by atoms with Gasteiger partial charge in [-0.1, -0.05) is 30.3 Å². The quantitative estimate of drug-likeness (QED) is 0.533. The van der Waals surface area contributed by atoms with Crippen molar-refractivity contribution >= 4 is 11.6 Å². The van der Waals surface area contributed by atoms with Gasteiger partial charge in [0.1, 0.15) is 5.75 Å². The van der Waals surface area contributed by atoms with Gasteiger partial charge >= 0.3 is 0 Å². The Morgan fingerprint density at radius 1 is 1.08 bits per heavy atom. The molecule has 2 aromatic carbocycles. The third-order valence-electron chi connectivity index (χ3n) is 3.82. The summed E-state index contributed by atoms with van der Waals surface area (Å²) in [5, 5.41) is 3.26. The van der Waals surface area contributed by atoms with Crippen LogP contribution < -0.4 is 14.6 Å². The van der Waals surface area contributed by atoms with Crippen LogP contribution >= 0.6 is 0 Å². The number of hydrogen-bond acceptors (Lipinski definition) is 4. The monoisotopic (exact) mass is 334 g/mol. The van der Waals surface area contributed by atoms with Gasteiger partial charge in [-0.2, -0.15) is 0 Å². The lowest BCUT2D eigenvalue weighted by Gasteiger charge is -2.04. The van der Waals surface area contributed by atoms with Crippen LogP contribution in [0.2, 0.25) is 0 Å². The number of carbonyl (C=O) groups is 1. The van der Waals surface area contributed by atoms with Crippen molar-refractivity contribution in [3.05, 3.63) is 84.3 Å². The fourth-order valence-electron chi connectivity index (χ4n) is 2.40. The minimum atomic E-state index is 0.0273. The molecular formula is C20H20N3O2+. The molecule has 126 valence electrons. The number of hydrogen-bond donors (Lipinski definition) is 1. The molecule has 0 bridgehead atoms. The number of ether oxygens (including phenoxy) is 1. The Kier molecular flexibility index (Phi) is 5.36. The van der Waals surface area contributed by atoms with E-state index >= 15 is 0 Å². The van der Waals surface area contributed by atoms with Gasteiger partial charge in [0, 0.05) is 18.2 Å². The van der Waals surface area contributed by atoms with Crippen molar-refractivity contribution in [2.45, 2.75) is 13.1 Å². The number of nitrogens with zero attached hydrogens (tertiary/aromatic N) is 2. The average molecular weight is 334 g/mol. The second-order valence-corrected chi connectivity index (χ2v) is 5.61. The van der Waals surface area contributed by atoms with Gasteiger partial charge in [-0.3, -0.25) is 4.79 Å². The molecule has 0 spiro atoms. The smallest absolute Gasteiger partial charge is 0.289 e. The summed E-state index contributed by atoms with van der Waals surface area (Å²) in [6, 6.07) is 19.1. The van der Waals surface area contributed by atoms with Crippen LogP contribution in [0.1, 0.15) is 15.9 Å². The second-order valence-electron chi connectivity index (χ2n) is 5.61. The maximum absolute atomic E-state index is 12.3. The number of rotatable bonds is 7. The zero-order chi connectivity index (χ0) is 17.5. The van der Waals surface area contributed by atoms with E-state index in [2.05, 4.69) is 22.4 Å². The minimum Gasteiger partial charge on any atom is -0.497 e. The standard InChI is InChI=1S/C20H19N3O2/c1-25-18-9-7-17(8-10-18)19(24)14-23-12-11-20(22-15-23)21-13-16-5-3-2-4-6-16/h2-12,15H,13-14H2,1H3/p+1. The van der Waals surface area contributed by atoms with E-state index in [-0.39, 0.29) is 12.3 Å². The van der Waals surface area contributed by atoms with Gasteiger partial charge in [0.05, 0.1) is 13.3 Å². The Bertz CT molecular complexity index is 816. The van der Waals surface area contributed by atoms with E-state index in [1.807, 2.05) is 30.5 Å². The van der Waals surface area contributed by atoms with Crippen LogP contribution in [0.25, 0.3) is 0 Å². The number of anilines is 1. The van der Waals surface area contributed by atoms with Gasteiger partial charge in [-0.05, 0) is 34.8 Å². The van der Waals surface area contributed by atoms with Crippen molar-refractivity contribution in [1.82, 2.24) is 4.98 Å². The summed E-state index contributed by atoms with van der Waals surface area (Å²) in [5.41, 5.74) is 1.84. The molecule has 0 saturated carbocycles. The van der Waals surface area contributed by atoms with E-state index in [0.717, 1.165) is 11.6 Å². The average Bonchev–Trinajstić information content (AvgIpc) is 2.68. The molecule has 1 heterocycles. The Labute approximate surface area is 146 Å². The molecule has 5 heteroatoms. The van der Waals surface area contributed by atoms with Crippen molar-refractivity contribution in [3.8, 4) is 5.75 Å². The first-order valence-corrected chi connectivity index (χ1v) is 8.05. The third-order valence-corrected chi connectivity index (χ3v) is 3.82. The molecular weight excluding hydrogens is 314 g/mol. The molecule has 3 rings (SSSR count). The number of methoxy groups -OCH3 is 1. The van der Waals surface area contributed by atoms with Crippen LogP contribution in [-0.2, 0) is 13.1 Å². The normalized spacial score (nSPS) is 10.3. The van der Waals surface area contributed by atoms with Crippen LogP contribution in [-0.4, -0.2) is 17.9 Å². The molecule has 0 radical (unpaired) electrons. The highest BCUT2D eigenvalue weighted by atomic mass is 16.5. The molecule has 25 heavy (non-hydrogen) atoms. The molecule has 0 aliphatic carbocycles. The summed E-state index contributed by atoms with van der Waals surface area (Å²) in [6.07, 6.45) is 3.51. The van der Waals surface area contributed by atoms with Crippen LogP contribution in [0, 0.1) is 0 Å². The molecule has 0 aliphatic heterocycles. The van der Waals surface area contributed by atoms with Crippen molar-refractivity contribution < 1.29 is 14.1 Å². The van der Waals surface area contributed by atoms with Crippen molar-refractivity contribution in [3.63, 3.8) is 0 Å². The minimum absolute atomic E-state index is 0.0273.